The number of nitrogens with one attached hydrogen (secondary N) is 2. The van der Waals surface area contributed by atoms with Gasteiger partial charge in [-0.2, -0.15) is 0 Å². The maximum Gasteiger partial charge on any atom is 0.224 e. The van der Waals surface area contributed by atoms with Crippen LogP contribution in [0.2, 0.25) is 5.02 Å². The third kappa shape index (κ3) is 4.51. The molecule has 1 rings (SSSR count). The summed E-state index contributed by atoms with van der Waals surface area (Å²) in [6, 6.07) is 5.38. The van der Waals surface area contributed by atoms with E-state index in [4.69, 9.17) is 11.6 Å². The molecule has 0 radical (unpaired) electrons. The van der Waals surface area contributed by atoms with E-state index in [1.54, 1.807) is 12.1 Å². The molecule has 3 nitrogen and oxygen atoms in total. The lowest BCUT2D eigenvalue weighted by molar-refractivity contribution is -0.116. The first-order valence-electron chi connectivity index (χ1n) is 5.03. The highest BCUT2D eigenvalue weighted by Gasteiger charge is 2.05. The summed E-state index contributed by atoms with van der Waals surface area (Å²) >= 11 is 9.29. The van der Waals surface area contributed by atoms with E-state index in [1.807, 2.05) is 13.1 Å². The number of rotatable bonds is 5. The zero-order chi connectivity index (χ0) is 12.0. The molecule has 88 valence electrons. The molecule has 0 aliphatic carbocycles. The summed E-state index contributed by atoms with van der Waals surface area (Å²) in [5.41, 5.74) is 0.652. The number of hydrogen-bond acceptors (Lipinski definition) is 2. The van der Waals surface area contributed by atoms with Crippen LogP contribution in [0.3, 0.4) is 0 Å². The molecular weight excluding hydrogens is 291 g/mol. The first-order valence-corrected chi connectivity index (χ1v) is 6.20. The largest absolute Gasteiger partial charge is 0.325 e. The molecule has 0 unspecified atom stereocenters. The second-order valence-corrected chi connectivity index (χ2v) is 4.70. The van der Waals surface area contributed by atoms with E-state index in [9.17, 15) is 4.79 Å². The van der Waals surface area contributed by atoms with Gasteiger partial charge in [0.2, 0.25) is 5.91 Å². The quantitative estimate of drug-likeness (QED) is 0.821. The van der Waals surface area contributed by atoms with E-state index < -0.39 is 0 Å². The van der Waals surface area contributed by atoms with Gasteiger partial charge in [-0.15, -0.1) is 0 Å². The molecule has 16 heavy (non-hydrogen) atoms. The Balaban J connectivity index is 2.49. The van der Waals surface area contributed by atoms with E-state index in [2.05, 4.69) is 26.6 Å². The fourth-order valence-electron chi connectivity index (χ4n) is 1.23. The minimum Gasteiger partial charge on any atom is -0.325 e. The molecule has 0 bridgehead atoms. The van der Waals surface area contributed by atoms with E-state index in [0.29, 0.717) is 17.1 Å². The van der Waals surface area contributed by atoms with Crippen molar-refractivity contribution in [2.75, 3.05) is 18.9 Å². The number of carbonyl (C=O) groups excluding carboxylic acids is 1. The minimum absolute atomic E-state index is 0.0144. The number of anilines is 1. The highest BCUT2D eigenvalue weighted by atomic mass is 79.9. The second-order valence-electron chi connectivity index (χ2n) is 3.38. The maximum absolute atomic E-state index is 11.5. The minimum atomic E-state index is -0.0144. The van der Waals surface area contributed by atoms with Crippen LogP contribution in [-0.2, 0) is 4.79 Å². The van der Waals surface area contributed by atoms with Crippen molar-refractivity contribution in [1.29, 1.82) is 0 Å². The lowest BCUT2D eigenvalue weighted by atomic mass is 10.2. The predicted octanol–water partition coefficient (Wildman–Crippen LogP) is 3.04. The van der Waals surface area contributed by atoms with Gasteiger partial charge < -0.3 is 10.6 Å². The van der Waals surface area contributed by atoms with Gasteiger partial charge in [-0.3, -0.25) is 4.79 Å². The summed E-state index contributed by atoms with van der Waals surface area (Å²) in [7, 11) is 1.86. The monoisotopic (exact) mass is 304 g/mol. The number of halogens is 2. The Kier molecular flexibility index (Phi) is 5.80. The molecule has 0 fully saturated rings. The van der Waals surface area contributed by atoms with Crippen LogP contribution in [0.4, 0.5) is 5.69 Å². The molecule has 0 aliphatic heterocycles. The first kappa shape index (κ1) is 13.5. The van der Waals surface area contributed by atoms with Crippen LogP contribution in [0.1, 0.15) is 12.8 Å². The molecule has 0 aromatic heterocycles. The van der Waals surface area contributed by atoms with Crippen molar-refractivity contribution >= 4 is 39.1 Å². The molecule has 1 amide bonds. The van der Waals surface area contributed by atoms with Gasteiger partial charge in [0, 0.05) is 10.9 Å². The van der Waals surface area contributed by atoms with Crippen LogP contribution < -0.4 is 10.6 Å². The summed E-state index contributed by atoms with van der Waals surface area (Å²) in [4.78, 5) is 11.5. The molecule has 0 aliphatic rings. The number of benzene rings is 1. The van der Waals surface area contributed by atoms with Gasteiger partial charge in [-0.1, -0.05) is 27.5 Å². The van der Waals surface area contributed by atoms with Gasteiger partial charge in [0.15, 0.2) is 0 Å². The molecular formula is C11H14BrClN2O. The van der Waals surface area contributed by atoms with Crippen LogP contribution in [0.25, 0.3) is 0 Å². The average Bonchev–Trinajstić information content (AvgIpc) is 2.23. The smallest absolute Gasteiger partial charge is 0.224 e. The Morgan fingerprint density at radius 1 is 1.50 bits per heavy atom. The average molecular weight is 306 g/mol. The maximum atomic E-state index is 11.5. The van der Waals surface area contributed by atoms with Crippen molar-refractivity contribution in [1.82, 2.24) is 5.32 Å². The van der Waals surface area contributed by atoms with Crippen molar-refractivity contribution in [3.05, 3.63) is 27.7 Å². The fourth-order valence-corrected chi connectivity index (χ4v) is 1.95. The summed E-state index contributed by atoms with van der Waals surface area (Å²) in [6.45, 7) is 0.835. The van der Waals surface area contributed by atoms with Gasteiger partial charge >= 0.3 is 0 Å². The van der Waals surface area contributed by atoms with Crippen molar-refractivity contribution in [2.45, 2.75) is 12.8 Å². The third-order valence-corrected chi connectivity index (χ3v) is 2.84. The molecule has 2 N–H and O–H groups in total. The molecule has 0 heterocycles. The standard InChI is InChI=1S/C11H14BrClN2O/c1-14-6-2-3-11(16)15-10-5-4-8(12)7-9(10)13/h4-5,7,14H,2-3,6H2,1H3,(H,15,16). The number of amides is 1. The highest BCUT2D eigenvalue weighted by Crippen LogP contribution is 2.25. The predicted molar refractivity (Wildman–Crippen MR) is 70.9 cm³/mol. The van der Waals surface area contributed by atoms with Crippen LogP contribution >= 0.6 is 27.5 Å². The van der Waals surface area contributed by atoms with Crippen LogP contribution in [-0.4, -0.2) is 19.5 Å². The van der Waals surface area contributed by atoms with Crippen molar-refractivity contribution in [3.63, 3.8) is 0 Å². The topological polar surface area (TPSA) is 41.1 Å². The zero-order valence-corrected chi connectivity index (χ0v) is 11.4. The van der Waals surface area contributed by atoms with E-state index in [-0.39, 0.29) is 5.91 Å². The Morgan fingerprint density at radius 3 is 2.88 bits per heavy atom. The van der Waals surface area contributed by atoms with Crippen LogP contribution in [0, 0.1) is 0 Å². The van der Waals surface area contributed by atoms with Crippen molar-refractivity contribution in [3.8, 4) is 0 Å². The normalized spacial score (nSPS) is 10.2. The second kappa shape index (κ2) is 6.89. The molecule has 1 aromatic carbocycles. The Morgan fingerprint density at radius 2 is 2.25 bits per heavy atom. The molecule has 0 saturated carbocycles. The Labute approximate surface area is 109 Å². The van der Waals surface area contributed by atoms with E-state index >= 15 is 0 Å². The van der Waals surface area contributed by atoms with Crippen LogP contribution in [0.5, 0.6) is 0 Å². The number of carbonyl (C=O) groups is 1. The number of hydrogen-bond donors (Lipinski definition) is 2. The fraction of sp³-hybridized carbons (Fsp3) is 0.364. The molecule has 1 aromatic rings. The molecule has 0 atom stereocenters. The SMILES string of the molecule is CNCCCC(=O)Nc1ccc(Br)cc1Cl. The van der Waals surface area contributed by atoms with Crippen molar-refractivity contribution in [2.24, 2.45) is 0 Å². The molecule has 5 heteroatoms. The van der Waals surface area contributed by atoms with E-state index in [0.717, 1.165) is 17.4 Å². The summed E-state index contributed by atoms with van der Waals surface area (Å²) in [6.07, 6.45) is 1.31. The zero-order valence-electron chi connectivity index (χ0n) is 9.02. The van der Waals surface area contributed by atoms with Gasteiger partial charge in [0.05, 0.1) is 10.7 Å². The third-order valence-electron chi connectivity index (χ3n) is 2.04. The molecule has 0 spiro atoms. The van der Waals surface area contributed by atoms with Gasteiger partial charge in [0.25, 0.3) is 0 Å². The van der Waals surface area contributed by atoms with E-state index in [1.165, 1.54) is 0 Å². The summed E-state index contributed by atoms with van der Waals surface area (Å²) < 4.78 is 0.894. The van der Waals surface area contributed by atoms with Crippen molar-refractivity contribution < 1.29 is 4.79 Å². The van der Waals surface area contributed by atoms with Crippen LogP contribution in [0.15, 0.2) is 22.7 Å². The van der Waals surface area contributed by atoms with Gasteiger partial charge in [0.1, 0.15) is 0 Å². The van der Waals surface area contributed by atoms with Gasteiger partial charge in [-0.05, 0) is 38.2 Å². The Bertz CT molecular complexity index is 371. The molecule has 0 saturated heterocycles. The summed E-state index contributed by atoms with van der Waals surface area (Å²) in [5.74, 6) is -0.0144. The first-order chi connectivity index (χ1) is 7.63. The highest BCUT2D eigenvalue weighted by molar-refractivity contribution is 9.10. The van der Waals surface area contributed by atoms with Gasteiger partial charge in [-0.25, -0.2) is 0 Å². The summed E-state index contributed by atoms with van der Waals surface area (Å²) in [5, 5.41) is 6.31. The lowest BCUT2D eigenvalue weighted by Crippen LogP contribution is -2.15. The lowest BCUT2D eigenvalue weighted by Gasteiger charge is -2.07. The Hall–Kier alpha value is -0.580.